The smallest absolute Gasteiger partial charge is 0.227 e. The summed E-state index contributed by atoms with van der Waals surface area (Å²) >= 11 is 0. The summed E-state index contributed by atoms with van der Waals surface area (Å²) in [4.78, 5) is 6.89. The van der Waals surface area contributed by atoms with Gasteiger partial charge in [-0.3, -0.25) is 0 Å². The molecule has 0 unspecified atom stereocenters. The molecule has 52 heavy (non-hydrogen) atoms. The molecule has 244 valence electrons. The third-order valence-electron chi connectivity index (χ3n) is 10.1. The van der Waals surface area contributed by atoms with Crippen LogP contribution in [0.15, 0.2) is 199 Å². The van der Waals surface area contributed by atoms with E-state index in [2.05, 4.69) is 192 Å². The van der Waals surface area contributed by atoms with Crippen molar-refractivity contribution in [3.63, 3.8) is 0 Å². The fourth-order valence-electron chi connectivity index (χ4n) is 7.62. The Morgan fingerprint density at radius 1 is 0.365 bits per heavy atom. The van der Waals surface area contributed by atoms with Crippen LogP contribution in [0.3, 0.4) is 0 Å². The van der Waals surface area contributed by atoms with Gasteiger partial charge >= 0.3 is 0 Å². The van der Waals surface area contributed by atoms with Gasteiger partial charge in [0.1, 0.15) is 5.58 Å². The minimum absolute atomic E-state index is 0.653. The number of anilines is 3. The van der Waals surface area contributed by atoms with Gasteiger partial charge in [0, 0.05) is 39.4 Å². The zero-order valence-corrected chi connectivity index (χ0v) is 28.3. The summed E-state index contributed by atoms with van der Waals surface area (Å²) in [6.07, 6.45) is 1.78. The van der Waals surface area contributed by atoms with Gasteiger partial charge in [-0.25, -0.2) is 4.98 Å². The van der Waals surface area contributed by atoms with Gasteiger partial charge in [-0.05, 0) is 104 Å². The van der Waals surface area contributed by atoms with Crippen LogP contribution in [0.25, 0.3) is 77.0 Å². The normalized spacial score (nSPS) is 11.5. The van der Waals surface area contributed by atoms with Crippen LogP contribution in [-0.4, -0.2) is 4.98 Å². The number of fused-ring (bicyclic) bond motifs is 6. The lowest BCUT2D eigenvalue weighted by Gasteiger charge is -2.27. The summed E-state index contributed by atoms with van der Waals surface area (Å²) in [5.41, 5.74) is 11.8. The lowest BCUT2D eigenvalue weighted by atomic mass is 9.90. The predicted molar refractivity (Wildman–Crippen MR) is 218 cm³/mol. The minimum Gasteiger partial charge on any atom is -0.437 e. The van der Waals surface area contributed by atoms with E-state index in [1.165, 1.54) is 44.2 Å². The number of hydrogen-bond donors (Lipinski definition) is 0. The monoisotopic (exact) mass is 664 g/mol. The number of aromatic nitrogens is 1. The van der Waals surface area contributed by atoms with Crippen molar-refractivity contribution in [1.29, 1.82) is 0 Å². The third kappa shape index (κ3) is 5.10. The molecular formula is C49H32N2O. The largest absolute Gasteiger partial charge is 0.437 e. The summed E-state index contributed by atoms with van der Waals surface area (Å²) < 4.78 is 6.43. The third-order valence-corrected chi connectivity index (χ3v) is 10.1. The van der Waals surface area contributed by atoms with Gasteiger partial charge in [0.25, 0.3) is 0 Å². The van der Waals surface area contributed by atoms with Crippen LogP contribution in [0.2, 0.25) is 0 Å². The molecule has 0 aliphatic carbocycles. The molecule has 0 bridgehead atoms. The van der Waals surface area contributed by atoms with Gasteiger partial charge in [-0.1, -0.05) is 133 Å². The summed E-state index contributed by atoms with van der Waals surface area (Å²) in [6, 6.07) is 67.2. The number of hydrogen-bond acceptors (Lipinski definition) is 3. The second-order valence-corrected chi connectivity index (χ2v) is 13.2. The van der Waals surface area contributed by atoms with E-state index in [1.807, 2.05) is 6.07 Å². The van der Waals surface area contributed by atoms with E-state index in [0.717, 1.165) is 44.2 Å². The van der Waals surface area contributed by atoms with E-state index in [-0.39, 0.29) is 0 Å². The molecule has 0 N–H and O–H groups in total. The summed E-state index contributed by atoms with van der Waals surface area (Å²) in [5, 5.41) is 6.70. The van der Waals surface area contributed by atoms with Crippen molar-refractivity contribution in [2.45, 2.75) is 0 Å². The lowest BCUT2D eigenvalue weighted by molar-refractivity contribution is 0.657. The van der Waals surface area contributed by atoms with Gasteiger partial charge in [-0.15, -0.1) is 0 Å². The first-order valence-corrected chi connectivity index (χ1v) is 17.6. The van der Waals surface area contributed by atoms with Crippen molar-refractivity contribution in [3.8, 4) is 33.4 Å². The zero-order chi connectivity index (χ0) is 34.4. The Labute approximate surface area is 301 Å². The molecule has 0 saturated heterocycles. The molecule has 10 rings (SSSR count). The summed E-state index contributed by atoms with van der Waals surface area (Å²) in [5.74, 6) is 0. The first-order valence-electron chi connectivity index (χ1n) is 17.6. The average Bonchev–Trinajstić information content (AvgIpc) is 3.61. The van der Waals surface area contributed by atoms with E-state index < -0.39 is 0 Å². The number of pyridine rings is 1. The van der Waals surface area contributed by atoms with Crippen molar-refractivity contribution in [2.75, 3.05) is 4.90 Å². The standard InChI is InChI=1S/C49H32N2O/c1-3-11-33(12-4-1)34-20-24-38(25-21-34)51(39-26-22-37-23-28-44-45-19-10-30-50-49(45)52-48(44)46(37)31-39)40-27-29-42(35-13-5-2-6-14-35)47(32-40)43-18-9-16-36-15-7-8-17-41(36)43/h1-32H. The predicted octanol–water partition coefficient (Wildman–Crippen LogP) is 13.8. The number of benzene rings is 8. The fourth-order valence-corrected chi connectivity index (χ4v) is 7.62. The molecule has 2 heterocycles. The molecule has 0 radical (unpaired) electrons. The first kappa shape index (κ1) is 29.9. The maximum Gasteiger partial charge on any atom is 0.227 e. The molecule has 0 spiro atoms. The Morgan fingerprint density at radius 3 is 1.85 bits per heavy atom. The minimum atomic E-state index is 0.653. The molecule has 0 saturated carbocycles. The highest BCUT2D eigenvalue weighted by molar-refractivity contribution is 6.15. The Kier molecular flexibility index (Phi) is 7.14. The molecule has 0 aliphatic heterocycles. The second kappa shape index (κ2) is 12.4. The van der Waals surface area contributed by atoms with Crippen LogP contribution < -0.4 is 4.90 Å². The van der Waals surface area contributed by atoms with Crippen LogP contribution >= 0.6 is 0 Å². The molecule has 8 aromatic carbocycles. The van der Waals surface area contributed by atoms with E-state index in [1.54, 1.807) is 6.20 Å². The summed E-state index contributed by atoms with van der Waals surface area (Å²) in [6.45, 7) is 0. The molecule has 0 amide bonds. The topological polar surface area (TPSA) is 29.3 Å². The van der Waals surface area contributed by atoms with Crippen molar-refractivity contribution >= 4 is 60.7 Å². The fraction of sp³-hybridized carbons (Fsp3) is 0. The van der Waals surface area contributed by atoms with E-state index >= 15 is 0 Å². The molecule has 0 aliphatic rings. The Balaban J connectivity index is 1.21. The summed E-state index contributed by atoms with van der Waals surface area (Å²) in [7, 11) is 0. The Morgan fingerprint density at radius 2 is 1.00 bits per heavy atom. The number of furan rings is 1. The molecule has 0 fully saturated rings. The first-order chi connectivity index (χ1) is 25.8. The molecule has 3 heteroatoms. The molecule has 3 nitrogen and oxygen atoms in total. The van der Waals surface area contributed by atoms with Crippen LogP contribution in [0.4, 0.5) is 17.1 Å². The van der Waals surface area contributed by atoms with Gasteiger partial charge in [0.15, 0.2) is 0 Å². The molecular weight excluding hydrogens is 633 g/mol. The molecule has 10 aromatic rings. The van der Waals surface area contributed by atoms with Crippen LogP contribution in [-0.2, 0) is 0 Å². The highest BCUT2D eigenvalue weighted by Gasteiger charge is 2.19. The van der Waals surface area contributed by atoms with Crippen molar-refractivity contribution < 1.29 is 4.42 Å². The van der Waals surface area contributed by atoms with Crippen molar-refractivity contribution in [1.82, 2.24) is 4.98 Å². The maximum atomic E-state index is 6.43. The SMILES string of the molecule is c1ccc(-c2ccc(N(c3ccc(-c4ccccc4)c(-c4cccc5ccccc45)c3)c3ccc4ccc5c6cccnc6oc5c4c3)cc2)cc1. The van der Waals surface area contributed by atoms with E-state index in [0.29, 0.717) is 5.71 Å². The average molecular weight is 665 g/mol. The number of nitrogens with zero attached hydrogens (tertiary/aromatic N) is 2. The van der Waals surface area contributed by atoms with E-state index in [4.69, 9.17) is 4.42 Å². The van der Waals surface area contributed by atoms with Crippen LogP contribution in [0, 0.1) is 0 Å². The van der Waals surface area contributed by atoms with Gasteiger partial charge in [-0.2, -0.15) is 0 Å². The van der Waals surface area contributed by atoms with Crippen LogP contribution in [0.1, 0.15) is 0 Å². The van der Waals surface area contributed by atoms with Gasteiger partial charge < -0.3 is 9.32 Å². The van der Waals surface area contributed by atoms with Gasteiger partial charge in [0.2, 0.25) is 5.71 Å². The van der Waals surface area contributed by atoms with Crippen LogP contribution in [0.5, 0.6) is 0 Å². The van der Waals surface area contributed by atoms with E-state index in [9.17, 15) is 0 Å². The van der Waals surface area contributed by atoms with Crippen molar-refractivity contribution in [2.24, 2.45) is 0 Å². The lowest BCUT2D eigenvalue weighted by Crippen LogP contribution is -2.10. The Hall–Kier alpha value is -6.97. The van der Waals surface area contributed by atoms with Crippen molar-refractivity contribution in [3.05, 3.63) is 194 Å². The second-order valence-electron chi connectivity index (χ2n) is 13.2. The highest BCUT2D eigenvalue weighted by Crippen LogP contribution is 2.44. The Bertz CT molecular complexity index is 2890. The quantitative estimate of drug-likeness (QED) is 0.177. The molecule has 0 atom stereocenters. The zero-order valence-electron chi connectivity index (χ0n) is 28.3. The highest BCUT2D eigenvalue weighted by atomic mass is 16.3. The number of rotatable bonds is 6. The molecule has 2 aromatic heterocycles. The van der Waals surface area contributed by atoms with Gasteiger partial charge in [0.05, 0.1) is 0 Å². The maximum absolute atomic E-state index is 6.43.